The number of hydrogen-bond acceptors (Lipinski definition) is 2. The first-order valence-electron chi connectivity index (χ1n) is 7.23. The molecule has 0 atom stereocenters. The number of anilines is 1. The Morgan fingerprint density at radius 1 is 1.15 bits per heavy atom. The lowest BCUT2D eigenvalue weighted by molar-refractivity contribution is 0.466. The molecular weight excluding hydrogens is 250 g/mol. The maximum Gasteiger partial charge on any atom is 0.290 e. The highest BCUT2D eigenvalue weighted by atomic mass is 16.1. The Bertz CT molecular complexity index is 611. The van der Waals surface area contributed by atoms with Crippen molar-refractivity contribution in [3.8, 4) is 0 Å². The van der Waals surface area contributed by atoms with Gasteiger partial charge in [0.1, 0.15) is 5.69 Å². The van der Waals surface area contributed by atoms with Crippen molar-refractivity contribution < 1.29 is 0 Å². The predicted octanol–water partition coefficient (Wildman–Crippen LogP) is 2.35. The molecule has 0 spiro atoms. The van der Waals surface area contributed by atoms with Crippen LogP contribution in [0.5, 0.6) is 0 Å². The second-order valence-electron chi connectivity index (χ2n) is 5.15. The monoisotopic (exact) mass is 273 g/mol. The van der Waals surface area contributed by atoms with Crippen LogP contribution in [-0.4, -0.2) is 9.36 Å². The zero-order valence-corrected chi connectivity index (χ0v) is 12.3. The minimum absolute atomic E-state index is 0.0518. The standard InChI is InChI=1S/C16H23N3O/c1-3-8-14-15(17)16(20)19(18(14)2)12-7-11-13-9-5-4-6-10-13/h4-6,9-10H,3,7-8,11-12,17H2,1-2H3. The van der Waals surface area contributed by atoms with Gasteiger partial charge in [0.15, 0.2) is 0 Å². The maximum absolute atomic E-state index is 12.1. The lowest BCUT2D eigenvalue weighted by atomic mass is 10.1. The second kappa shape index (κ2) is 6.46. The highest BCUT2D eigenvalue weighted by molar-refractivity contribution is 5.41. The minimum atomic E-state index is -0.0518. The Labute approximate surface area is 119 Å². The molecule has 4 heteroatoms. The van der Waals surface area contributed by atoms with Gasteiger partial charge in [-0.05, 0) is 24.8 Å². The molecule has 0 aliphatic heterocycles. The first kappa shape index (κ1) is 14.4. The molecule has 4 nitrogen and oxygen atoms in total. The van der Waals surface area contributed by atoms with Gasteiger partial charge in [-0.3, -0.25) is 9.48 Å². The van der Waals surface area contributed by atoms with Crippen molar-refractivity contribution in [3.63, 3.8) is 0 Å². The van der Waals surface area contributed by atoms with E-state index in [2.05, 4.69) is 19.1 Å². The molecule has 1 heterocycles. The van der Waals surface area contributed by atoms with E-state index >= 15 is 0 Å². The summed E-state index contributed by atoms with van der Waals surface area (Å²) in [6, 6.07) is 10.3. The molecule has 2 rings (SSSR count). The van der Waals surface area contributed by atoms with Crippen molar-refractivity contribution in [2.75, 3.05) is 5.73 Å². The van der Waals surface area contributed by atoms with Gasteiger partial charge in [0.2, 0.25) is 0 Å². The number of aromatic nitrogens is 2. The van der Waals surface area contributed by atoms with E-state index in [1.54, 1.807) is 4.68 Å². The van der Waals surface area contributed by atoms with Crippen LogP contribution in [0.4, 0.5) is 5.69 Å². The van der Waals surface area contributed by atoms with E-state index < -0.39 is 0 Å². The summed E-state index contributed by atoms with van der Waals surface area (Å²) < 4.78 is 3.68. The molecule has 0 saturated carbocycles. The summed E-state index contributed by atoms with van der Waals surface area (Å²) in [4.78, 5) is 12.1. The molecule has 0 bridgehead atoms. The SMILES string of the molecule is CCCc1c(N)c(=O)n(CCCc2ccccc2)n1C. The highest BCUT2D eigenvalue weighted by Crippen LogP contribution is 2.11. The average Bonchev–Trinajstić information content (AvgIpc) is 2.66. The number of hydrogen-bond donors (Lipinski definition) is 1. The van der Waals surface area contributed by atoms with Gasteiger partial charge in [-0.15, -0.1) is 0 Å². The van der Waals surface area contributed by atoms with E-state index in [9.17, 15) is 4.79 Å². The highest BCUT2D eigenvalue weighted by Gasteiger charge is 2.13. The first-order chi connectivity index (χ1) is 9.65. The Kier molecular flexibility index (Phi) is 4.66. The largest absolute Gasteiger partial charge is 0.393 e. The molecule has 0 saturated heterocycles. The molecule has 0 radical (unpaired) electrons. The van der Waals surface area contributed by atoms with Gasteiger partial charge in [-0.25, -0.2) is 4.68 Å². The number of nitrogens with zero attached hydrogens (tertiary/aromatic N) is 2. The summed E-state index contributed by atoms with van der Waals surface area (Å²) in [5, 5.41) is 0. The fourth-order valence-electron chi connectivity index (χ4n) is 2.58. The Hall–Kier alpha value is -1.97. The number of nitrogen functional groups attached to an aromatic ring is 1. The van der Waals surface area contributed by atoms with Gasteiger partial charge in [-0.1, -0.05) is 43.7 Å². The lowest BCUT2D eigenvalue weighted by Crippen LogP contribution is -2.23. The summed E-state index contributed by atoms with van der Waals surface area (Å²) in [6.07, 6.45) is 3.75. The molecule has 0 amide bonds. The van der Waals surface area contributed by atoms with E-state index in [1.807, 2.05) is 29.9 Å². The van der Waals surface area contributed by atoms with E-state index in [-0.39, 0.29) is 5.56 Å². The van der Waals surface area contributed by atoms with Gasteiger partial charge in [-0.2, -0.15) is 0 Å². The molecule has 1 aromatic carbocycles. The number of benzene rings is 1. The molecular formula is C16H23N3O. The summed E-state index contributed by atoms with van der Waals surface area (Å²) in [7, 11) is 1.92. The van der Waals surface area contributed by atoms with Crippen LogP contribution in [0.1, 0.15) is 31.0 Å². The molecule has 108 valence electrons. The molecule has 0 unspecified atom stereocenters. The molecule has 0 fully saturated rings. The van der Waals surface area contributed by atoms with Crippen LogP contribution in [0, 0.1) is 0 Å². The molecule has 0 aliphatic carbocycles. The van der Waals surface area contributed by atoms with Crippen LogP contribution in [-0.2, 0) is 26.4 Å². The molecule has 20 heavy (non-hydrogen) atoms. The topological polar surface area (TPSA) is 53.0 Å². The minimum Gasteiger partial charge on any atom is -0.393 e. The van der Waals surface area contributed by atoms with E-state index in [1.165, 1.54) is 5.56 Å². The first-order valence-corrected chi connectivity index (χ1v) is 7.23. The predicted molar refractivity (Wildman–Crippen MR) is 82.8 cm³/mol. The number of rotatable bonds is 6. The summed E-state index contributed by atoms with van der Waals surface area (Å²) in [5.74, 6) is 0. The number of aryl methyl sites for hydroxylation is 1. The fraction of sp³-hybridized carbons (Fsp3) is 0.438. The van der Waals surface area contributed by atoms with E-state index in [0.29, 0.717) is 12.2 Å². The fourth-order valence-corrected chi connectivity index (χ4v) is 2.58. The Morgan fingerprint density at radius 3 is 2.50 bits per heavy atom. The maximum atomic E-state index is 12.1. The van der Waals surface area contributed by atoms with Crippen molar-refractivity contribution in [2.24, 2.45) is 7.05 Å². The smallest absolute Gasteiger partial charge is 0.290 e. The second-order valence-corrected chi connectivity index (χ2v) is 5.15. The third-order valence-electron chi connectivity index (χ3n) is 3.69. The third kappa shape index (κ3) is 2.95. The van der Waals surface area contributed by atoms with Crippen LogP contribution in [0.3, 0.4) is 0 Å². The number of nitrogens with two attached hydrogens (primary N) is 1. The third-order valence-corrected chi connectivity index (χ3v) is 3.69. The average molecular weight is 273 g/mol. The van der Waals surface area contributed by atoms with E-state index in [4.69, 9.17) is 5.73 Å². The van der Waals surface area contributed by atoms with Gasteiger partial charge < -0.3 is 5.73 Å². The Balaban J connectivity index is 2.06. The molecule has 0 aliphatic rings. The van der Waals surface area contributed by atoms with Crippen LogP contribution in [0.2, 0.25) is 0 Å². The van der Waals surface area contributed by atoms with Crippen LogP contribution >= 0.6 is 0 Å². The Morgan fingerprint density at radius 2 is 1.85 bits per heavy atom. The summed E-state index contributed by atoms with van der Waals surface area (Å²) in [5.41, 5.74) is 8.54. The van der Waals surface area contributed by atoms with Crippen LogP contribution in [0.15, 0.2) is 35.1 Å². The molecule has 2 aromatic rings. The van der Waals surface area contributed by atoms with Gasteiger partial charge in [0.25, 0.3) is 5.56 Å². The van der Waals surface area contributed by atoms with E-state index in [0.717, 1.165) is 31.4 Å². The van der Waals surface area contributed by atoms with Crippen LogP contribution in [0.25, 0.3) is 0 Å². The van der Waals surface area contributed by atoms with Crippen molar-refractivity contribution >= 4 is 5.69 Å². The van der Waals surface area contributed by atoms with Crippen molar-refractivity contribution in [2.45, 2.75) is 39.2 Å². The summed E-state index contributed by atoms with van der Waals surface area (Å²) in [6.45, 7) is 2.80. The summed E-state index contributed by atoms with van der Waals surface area (Å²) >= 11 is 0. The lowest BCUT2D eigenvalue weighted by Gasteiger charge is -2.09. The zero-order valence-electron chi connectivity index (χ0n) is 12.3. The van der Waals surface area contributed by atoms with Crippen molar-refractivity contribution in [1.82, 2.24) is 9.36 Å². The van der Waals surface area contributed by atoms with Crippen molar-refractivity contribution in [1.29, 1.82) is 0 Å². The quantitative estimate of drug-likeness (QED) is 0.878. The normalized spacial score (nSPS) is 10.9. The van der Waals surface area contributed by atoms with Crippen LogP contribution < -0.4 is 11.3 Å². The molecule has 2 N–H and O–H groups in total. The zero-order chi connectivity index (χ0) is 14.5. The van der Waals surface area contributed by atoms with Gasteiger partial charge in [0.05, 0.1) is 5.69 Å². The van der Waals surface area contributed by atoms with Gasteiger partial charge in [0, 0.05) is 13.6 Å². The van der Waals surface area contributed by atoms with Crippen molar-refractivity contribution in [3.05, 3.63) is 51.9 Å². The molecule has 1 aromatic heterocycles. The van der Waals surface area contributed by atoms with Gasteiger partial charge >= 0.3 is 0 Å².